The summed E-state index contributed by atoms with van der Waals surface area (Å²) in [4.78, 5) is 16.7. The van der Waals surface area contributed by atoms with Crippen molar-refractivity contribution in [3.63, 3.8) is 0 Å². The van der Waals surface area contributed by atoms with Gasteiger partial charge in [-0.15, -0.1) is 24.0 Å². The molecule has 2 aliphatic heterocycles. The number of pyridine rings is 1. The Kier molecular flexibility index (Phi) is 9.75. The van der Waals surface area contributed by atoms with Gasteiger partial charge < -0.3 is 24.8 Å². The van der Waals surface area contributed by atoms with Crippen molar-refractivity contribution < 1.29 is 4.74 Å². The van der Waals surface area contributed by atoms with Crippen LogP contribution in [0, 0.1) is 0 Å². The molecule has 1 atom stereocenters. The number of hydrogen-bond donors (Lipinski definition) is 1. The second-order valence-electron chi connectivity index (χ2n) is 8.37. The summed E-state index contributed by atoms with van der Waals surface area (Å²) in [5.74, 6) is 1.99. The first kappa shape index (κ1) is 25.7. The number of hydrogen-bond acceptors (Lipinski definition) is 6. The minimum Gasteiger partial charge on any atom is -0.370 e. The van der Waals surface area contributed by atoms with E-state index in [0.29, 0.717) is 13.2 Å². The average molecular weight is 569 g/mol. The molecule has 0 amide bonds. The number of aliphatic imine (C=N–C) groups is 1. The van der Waals surface area contributed by atoms with Gasteiger partial charge in [0.15, 0.2) is 5.96 Å². The number of nitrogens with zero attached hydrogens (tertiary/aromatic N) is 7. The Morgan fingerprint density at radius 2 is 2.03 bits per heavy atom. The van der Waals surface area contributed by atoms with Gasteiger partial charge >= 0.3 is 0 Å². The first-order valence-electron chi connectivity index (χ1n) is 11.7. The van der Waals surface area contributed by atoms with Crippen LogP contribution in [-0.4, -0.2) is 89.5 Å². The Morgan fingerprint density at radius 1 is 1.21 bits per heavy atom. The second kappa shape index (κ2) is 12.5. The van der Waals surface area contributed by atoms with E-state index < -0.39 is 0 Å². The van der Waals surface area contributed by atoms with Crippen molar-refractivity contribution in [1.29, 1.82) is 0 Å². The zero-order valence-corrected chi connectivity index (χ0v) is 22.3. The van der Waals surface area contributed by atoms with Crippen molar-refractivity contribution in [2.45, 2.75) is 26.5 Å². The van der Waals surface area contributed by atoms with E-state index in [1.54, 1.807) is 0 Å². The molecule has 2 fully saturated rings. The smallest absolute Gasteiger partial charge is 0.194 e. The maximum absolute atomic E-state index is 6.00. The quantitative estimate of drug-likeness (QED) is 0.325. The number of nitrogens with one attached hydrogen (secondary N) is 1. The highest BCUT2D eigenvalue weighted by molar-refractivity contribution is 14.0. The number of anilines is 1. The van der Waals surface area contributed by atoms with Gasteiger partial charge in [0, 0.05) is 64.3 Å². The molecule has 9 nitrogen and oxygen atoms in total. The molecule has 10 heteroatoms. The van der Waals surface area contributed by atoms with Crippen LogP contribution in [0.15, 0.2) is 35.7 Å². The molecule has 2 saturated heterocycles. The summed E-state index contributed by atoms with van der Waals surface area (Å²) in [6.45, 7) is 13.4. The van der Waals surface area contributed by atoms with Gasteiger partial charge in [-0.1, -0.05) is 6.92 Å². The van der Waals surface area contributed by atoms with Gasteiger partial charge in [-0.05, 0) is 31.2 Å². The fraction of sp³-hybridized carbons (Fsp3) is 0.609. The summed E-state index contributed by atoms with van der Waals surface area (Å²) in [6.07, 6.45) is 5.83. The van der Waals surface area contributed by atoms with Gasteiger partial charge in [0.05, 0.1) is 25.9 Å². The average Bonchev–Trinajstić information content (AvgIpc) is 3.28. The van der Waals surface area contributed by atoms with Crippen LogP contribution in [-0.2, 0) is 18.3 Å². The van der Waals surface area contributed by atoms with Crippen molar-refractivity contribution in [3.05, 3.63) is 41.9 Å². The highest BCUT2D eigenvalue weighted by Gasteiger charge is 2.25. The van der Waals surface area contributed by atoms with E-state index in [0.717, 1.165) is 69.7 Å². The zero-order valence-electron chi connectivity index (χ0n) is 20.0. The largest absolute Gasteiger partial charge is 0.370 e. The van der Waals surface area contributed by atoms with Crippen LogP contribution in [0.5, 0.6) is 0 Å². The molecule has 2 aliphatic rings. The third-order valence-corrected chi connectivity index (χ3v) is 6.16. The van der Waals surface area contributed by atoms with Crippen molar-refractivity contribution >= 4 is 35.8 Å². The highest BCUT2D eigenvalue weighted by atomic mass is 127. The molecule has 4 rings (SSSR count). The topological polar surface area (TPSA) is 74.1 Å². The number of aromatic nitrogens is 3. The highest BCUT2D eigenvalue weighted by Crippen LogP contribution is 2.22. The number of halogens is 1. The predicted octanol–water partition coefficient (Wildman–Crippen LogP) is 2.11. The lowest BCUT2D eigenvalue weighted by Gasteiger charge is -2.35. The summed E-state index contributed by atoms with van der Waals surface area (Å²) < 4.78 is 7.82. The van der Waals surface area contributed by atoms with Gasteiger partial charge in [-0.2, -0.15) is 5.10 Å². The lowest BCUT2D eigenvalue weighted by Crippen LogP contribution is -2.48. The molecule has 1 unspecified atom stereocenters. The molecule has 2 aromatic rings. The van der Waals surface area contributed by atoms with Gasteiger partial charge in [-0.3, -0.25) is 4.68 Å². The zero-order chi connectivity index (χ0) is 22.3. The lowest BCUT2D eigenvalue weighted by atomic mass is 10.1. The van der Waals surface area contributed by atoms with Crippen molar-refractivity contribution in [2.75, 3.05) is 63.9 Å². The summed E-state index contributed by atoms with van der Waals surface area (Å²) >= 11 is 0. The van der Waals surface area contributed by atoms with E-state index in [9.17, 15) is 0 Å². The monoisotopic (exact) mass is 568 g/mol. The number of morpholine rings is 1. The first-order chi connectivity index (χ1) is 15.7. The molecule has 1 N–H and O–H groups in total. The van der Waals surface area contributed by atoms with E-state index in [-0.39, 0.29) is 30.1 Å². The number of likely N-dealkylation sites (N-methyl/N-ethyl adjacent to an activating group) is 1. The number of rotatable bonds is 6. The fourth-order valence-corrected chi connectivity index (χ4v) is 4.27. The maximum Gasteiger partial charge on any atom is 0.194 e. The Morgan fingerprint density at radius 3 is 2.73 bits per heavy atom. The van der Waals surface area contributed by atoms with E-state index in [4.69, 9.17) is 9.73 Å². The Labute approximate surface area is 214 Å². The molecular weight excluding hydrogens is 531 g/mol. The molecule has 2 aromatic heterocycles. The summed E-state index contributed by atoms with van der Waals surface area (Å²) in [5.41, 5.74) is 2.29. The number of ether oxygens (including phenoxy) is 1. The van der Waals surface area contributed by atoms with Crippen LogP contribution in [0.1, 0.15) is 31.1 Å². The second-order valence-corrected chi connectivity index (χ2v) is 8.37. The maximum atomic E-state index is 6.00. The van der Waals surface area contributed by atoms with E-state index in [2.05, 4.69) is 56.1 Å². The van der Waals surface area contributed by atoms with Crippen molar-refractivity contribution in [1.82, 2.24) is 29.9 Å². The predicted molar refractivity (Wildman–Crippen MR) is 142 cm³/mol. The van der Waals surface area contributed by atoms with E-state index >= 15 is 0 Å². The minimum absolute atomic E-state index is 0. The lowest BCUT2D eigenvalue weighted by molar-refractivity contribution is -0.00805. The molecule has 0 radical (unpaired) electrons. The normalized spacial score (nSPS) is 20.0. The molecule has 0 saturated carbocycles. The van der Waals surface area contributed by atoms with Crippen LogP contribution in [0.25, 0.3) is 0 Å². The van der Waals surface area contributed by atoms with Gasteiger partial charge in [-0.25, -0.2) is 9.98 Å². The number of aryl methyl sites for hydroxylation is 1. The van der Waals surface area contributed by atoms with Crippen LogP contribution >= 0.6 is 24.0 Å². The number of piperazine rings is 1. The minimum atomic E-state index is 0. The third-order valence-electron chi connectivity index (χ3n) is 6.16. The van der Waals surface area contributed by atoms with Crippen molar-refractivity contribution in [2.24, 2.45) is 12.0 Å². The van der Waals surface area contributed by atoms with Crippen LogP contribution in [0.3, 0.4) is 0 Å². The van der Waals surface area contributed by atoms with E-state index in [1.165, 1.54) is 5.56 Å². The summed E-state index contributed by atoms with van der Waals surface area (Å²) in [7, 11) is 1.93. The molecule has 33 heavy (non-hydrogen) atoms. The molecule has 4 heterocycles. The third kappa shape index (κ3) is 6.80. The molecular formula is C23H37IN8O. The van der Waals surface area contributed by atoms with Gasteiger partial charge in [0.25, 0.3) is 0 Å². The summed E-state index contributed by atoms with van der Waals surface area (Å²) in [6, 6.07) is 4.25. The standard InChI is InChI=1S/C23H36N8O.HI/c1-4-24-23(31-12-13-32-21(18-31)20-16-27-28(3)17-20)26-15-19-6-7-25-22(14-19)30-10-8-29(5-2)9-11-30;/h6-7,14,16-17,21H,4-5,8-13,15,18H2,1-3H3,(H,24,26);1H. The van der Waals surface area contributed by atoms with Crippen molar-refractivity contribution in [3.8, 4) is 0 Å². The Balaban J connectivity index is 0.00000306. The van der Waals surface area contributed by atoms with E-state index in [1.807, 2.05) is 30.3 Å². The van der Waals surface area contributed by atoms with Gasteiger partial charge in [0.1, 0.15) is 11.9 Å². The fourth-order valence-electron chi connectivity index (χ4n) is 4.27. The Bertz CT molecular complexity index is 896. The Hall–Kier alpha value is -1.92. The molecule has 0 spiro atoms. The molecule has 0 bridgehead atoms. The van der Waals surface area contributed by atoms with Gasteiger partial charge in [0.2, 0.25) is 0 Å². The SMILES string of the molecule is CCNC(=NCc1ccnc(N2CCN(CC)CC2)c1)N1CCOC(c2cnn(C)c2)C1.I. The van der Waals surface area contributed by atoms with Crippen LogP contribution < -0.4 is 10.2 Å². The summed E-state index contributed by atoms with van der Waals surface area (Å²) in [5, 5.41) is 7.75. The number of guanidine groups is 1. The first-order valence-corrected chi connectivity index (χ1v) is 11.7. The molecule has 182 valence electrons. The molecule has 0 aromatic carbocycles. The van der Waals surface area contributed by atoms with Crippen LogP contribution in [0.4, 0.5) is 5.82 Å². The molecule has 0 aliphatic carbocycles. The van der Waals surface area contributed by atoms with Crippen LogP contribution in [0.2, 0.25) is 0 Å².